The highest BCUT2D eigenvalue weighted by Gasteiger charge is 2.37. The van der Waals surface area contributed by atoms with Gasteiger partial charge in [-0.3, -0.25) is 4.79 Å². The molecule has 7 nitrogen and oxygen atoms in total. The average molecular weight is 597 g/mol. The van der Waals surface area contributed by atoms with E-state index >= 15 is 0 Å². The predicted octanol–water partition coefficient (Wildman–Crippen LogP) is 6.43. The number of esters is 1. The summed E-state index contributed by atoms with van der Waals surface area (Å²) in [7, 11) is 0. The third-order valence-corrected chi connectivity index (χ3v) is 6.01. The summed E-state index contributed by atoms with van der Waals surface area (Å²) in [5.74, 6) is -0.929. The highest BCUT2D eigenvalue weighted by Crippen LogP contribution is 2.39. The molecule has 2 heterocycles. The Bertz CT molecular complexity index is 1450. The summed E-state index contributed by atoms with van der Waals surface area (Å²) < 4.78 is 97.0. The molecule has 0 saturated carbocycles. The molecule has 0 atom stereocenters. The van der Waals surface area contributed by atoms with Gasteiger partial charge in [0.05, 0.1) is 17.7 Å². The van der Waals surface area contributed by atoms with Gasteiger partial charge < -0.3 is 19.1 Å². The van der Waals surface area contributed by atoms with Crippen LogP contribution in [0, 0.1) is 0 Å². The van der Waals surface area contributed by atoms with Gasteiger partial charge in [-0.2, -0.15) is 26.3 Å². The second kappa shape index (κ2) is 11.5. The predicted molar refractivity (Wildman–Crippen MR) is 137 cm³/mol. The van der Waals surface area contributed by atoms with E-state index in [1.807, 2.05) is 0 Å². The summed E-state index contributed by atoms with van der Waals surface area (Å²) in [6, 6.07) is 9.45. The molecule has 0 saturated heterocycles. The van der Waals surface area contributed by atoms with E-state index in [0.717, 1.165) is 4.90 Å². The molecule has 0 unspecified atom stereocenters. The van der Waals surface area contributed by atoms with Crippen molar-refractivity contribution in [3.05, 3.63) is 77.0 Å². The van der Waals surface area contributed by atoms with Crippen molar-refractivity contribution in [2.24, 2.45) is 0 Å². The number of aromatic nitrogens is 1. The molecular formula is C29H26F6N2O5. The Morgan fingerprint density at radius 2 is 1.60 bits per heavy atom. The number of para-hydroxylation sites is 1. The summed E-state index contributed by atoms with van der Waals surface area (Å²) in [4.78, 5) is 30.4. The Labute approximate surface area is 237 Å². The van der Waals surface area contributed by atoms with Crippen molar-refractivity contribution in [1.29, 1.82) is 0 Å². The number of fused-ring (bicyclic) bond motifs is 1. The minimum absolute atomic E-state index is 0.0302. The van der Waals surface area contributed by atoms with Crippen LogP contribution in [0.2, 0.25) is 0 Å². The van der Waals surface area contributed by atoms with Crippen LogP contribution in [0.15, 0.2) is 54.7 Å². The Morgan fingerprint density at radius 1 is 0.952 bits per heavy atom. The second-order valence-electron chi connectivity index (χ2n) is 10.5. The van der Waals surface area contributed by atoms with Gasteiger partial charge >= 0.3 is 18.3 Å². The third-order valence-electron chi connectivity index (χ3n) is 6.01. The van der Waals surface area contributed by atoms with Gasteiger partial charge in [0.25, 0.3) is 5.91 Å². The van der Waals surface area contributed by atoms with Gasteiger partial charge in [0.1, 0.15) is 11.4 Å². The van der Waals surface area contributed by atoms with Gasteiger partial charge in [0.15, 0.2) is 13.2 Å². The lowest BCUT2D eigenvalue weighted by Gasteiger charge is -2.23. The SMILES string of the molecule is CC(C)(C)OC(=O)COc1ccccc1-c1ccnc2c1CN(Cc1cc(C(F)(F)F)cc(C(F)(F)F)c1)C(=O)CO2. The molecule has 42 heavy (non-hydrogen) atoms. The molecule has 4 rings (SSSR count). The summed E-state index contributed by atoms with van der Waals surface area (Å²) in [5, 5.41) is 0. The molecule has 0 radical (unpaired) electrons. The van der Waals surface area contributed by atoms with E-state index in [1.54, 1.807) is 51.1 Å². The molecule has 224 valence electrons. The van der Waals surface area contributed by atoms with Crippen molar-refractivity contribution in [3.63, 3.8) is 0 Å². The number of pyridine rings is 1. The summed E-state index contributed by atoms with van der Waals surface area (Å²) in [5.41, 5.74) is -2.75. The number of benzene rings is 2. The average Bonchev–Trinajstić information content (AvgIpc) is 3.04. The van der Waals surface area contributed by atoms with Crippen molar-refractivity contribution >= 4 is 11.9 Å². The number of carbonyl (C=O) groups excluding carboxylic acids is 2. The maximum Gasteiger partial charge on any atom is 0.416 e. The molecule has 0 N–H and O–H groups in total. The maximum atomic E-state index is 13.4. The Hall–Kier alpha value is -4.29. The van der Waals surface area contributed by atoms with E-state index in [1.165, 1.54) is 6.20 Å². The zero-order valence-corrected chi connectivity index (χ0v) is 22.7. The number of nitrogens with zero attached hydrogens (tertiary/aromatic N) is 2. The van der Waals surface area contributed by atoms with Crippen LogP contribution in [0.25, 0.3) is 11.1 Å². The standard InChI is InChI=1S/C29H26F6N2O5/c1-27(2,3)42-25(39)16-40-23-7-5-4-6-21(23)20-8-9-36-26-22(20)14-37(24(38)15-41-26)13-17-10-18(28(30,31)32)12-19(11-17)29(33,34)35/h4-12H,13-16H2,1-3H3. The van der Waals surface area contributed by atoms with Crippen LogP contribution in [0.5, 0.6) is 11.6 Å². The van der Waals surface area contributed by atoms with E-state index in [9.17, 15) is 35.9 Å². The lowest BCUT2D eigenvalue weighted by Crippen LogP contribution is -2.32. The van der Waals surface area contributed by atoms with E-state index in [0.29, 0.717) is 28.8 Å². The highest BCUT2D eigenvalue weighted by atomic mass is 19.4. The van der Waals surface area contributed by atoms with E-state index in [-0.39, 0.29) is 29.8 Å². The monoisotopic (exact) mass is 596 g/mol. The Balaban J connectivity index is 1.68. The molecule has 3 aromatic rings. The summed E-state index contributed by atoms with van der Waals surface area (Å²) >= 11 is 0. The topological polar surface area (TPSA) is 78.0 Å². The largest absolute Gasteiger partial charge is 0.481 e. The molecule has 1 aliphatic rings. The van der Waals surface area contributed by atoms with Gasteiger partial charge in [0, 0.05) is 23.9 Å². The van der Waals surface area contributed by atoms with E-state index in [4.69, 9.17) is 14.2 Å². The van der Waals surface area contributed by atoms with Crippen molar-refractivity contribution in [2.75, 3.05) is 13.2 Å². The number of amides is 1. The number of carbonyl (C=O) groups is 2. The molecule has 1 aliphatic heterocycles. The number of rotatable bonds is 6. The van der Waals surface area contributed by atoms with Gasteiger partial charge in [-0.05, 0) is 62.2 Å². The number of alkyl halides is 6. The Morgan fingerprint density at radius 3 is 2.21 bits per heavy atom. The van der Waals surface area contributed by atoms with Gasteiger partial charge in [0.2, 0.25) is 5.88 Å². The van der Waals surface area contributed by atoms with Gasteiger partial charge in [-0.1, -0.05) is 18.2 Å². The van der Waals surface area contributed by atoms with Gasteiger partial charge in [-0.25, -0.2) is 9.78 Å². The minimum Gasteiger partial charge on any atom is -0.481 e. The third kappa shape index (κ3) is 7.51. The highest BCUT2D eigenvalue weighted by molar-refractivity contribution is 5.81. The fourth-order valence-electron chi connectivity index (χ4n) is 4.30. The van der Waals surface area contributed by atoms with Crippen LogP contribution in [-0.2, 0) is 39.8 Å². The molecule has 0 spiro atoms. The fourth-order valence-corrected chi connectivity index (χ4v) is 4.30. The maximum absolute atomic E-state index is 13.4. The molecule has 0 aliphatic carbocycles. The second-order valence-corrected chi connectivity index (χ2v) is 10.5. The number of halogens is 6. The first-order valence-electron chi connectivity index (χ1n) is 12.6. The quantitative estimate of drug-likeness (QED) is 0.241. The normalized spacial score (nSPS) is 14.1. The first-order valence-corrected chi connectivity index (χ1v) is 12.6. The summed E-state index contributed by atoms with van der Waals surface area (Å²) in [6.07, 6.45) is -8.65. The lowest BCUT2D eigenvalue weighted by molar-refractivity contribution is -0.157. The van der Waals surface area contributed by atoms with Crippen LogP contribution in [0.1, 0.15) is 43.0 Å². The number of hydrogen-bond acceptors (Lipinski definition) is 6. The first kappa shape index (κ1) is 30.7. The van der Waals surface area contributed by atoms with E-state index in [2.05, 4.69) is 4.98 Å². The number of hydrogen-bond donors (Lipinski definition) is 0. The smallest absolute Gasteiger partial charge is 0.416 e. The molecular weight excluding hydrogens is 570 g/mol. The number of ether oxygens (including phenoxy) is 3. The van der Waals surface area contributed by atoms with Crippen LogP contribution < -0.4 is 9.47 Å². The van der Waals surface area contributed by atoms with Crippen LogP contribution in [-0.4, -0.2) is 40.6 Å². The van der Waals surface area contributed by atoms with Crippen molar-refractivity contribution in [1.82, 2.24) is 9.88 Å². The van der Waals surface area contributed by atoms with Crippen LogP contribution in [0.3, 0.4) is 0 Å². The molecule has 1 amide bonds. The van der Waals surface area contributed by atoms with Gasteiger partial charge in [-0.15, -0.1) is 0 Å². The van der Waals surface area contributed by atoms with Crippen LogP contribution >= 0.6 is 0 Å². The van der Waals surface area contributed by atoms with Crippen molar-refractivity contribution in [2.45, 2.75) is 51.8 Å². The summed E-state index contributed by atoms with van der Waals surface area (Å²) in [6.45, 7) is 3.39. The Kier molecular flexibility index (Phi) is 8.42. The van der Waals surface area contributed by atoms with E-state index < -0.39 is 60.7 Å². The lowest BCUT2D eigenvalue weighted by atomic mass is 9.99. The zero-order chi connectivity index (χ0) is 30.9. The molecule has 0 fully saturated rings. The zero-order valence-electron chi connectivity index (χ0n) is 22.7. The van der Waals surface area contributed by atoms with Crippen molar-refractivity contribution in [3.8, 4) is 22.8 Å². The fraction of sp³-hybridized carbons (Fsp3) is 0.345. The minimum atomic E-state index is -5.03. The molecule has 0 bridgehead atoms. The molecule has 13 heteroatoms. The first-order chi connectivity index (χ1) is 19.5. The molecule has 1 aromatic heterocycles. The van der Waals surface area contributed by atoms with Crippen molar-refractivity contribution < 1.29 is 50.1 Å². The molecule has 2 aromatic carbocycles. The van der Waals surface area contributed by atoms with Crippen LogP contribution in [0.4, 0.5) is 26.3 Å².